The molecule has 0 unspecified atom stereocenters. The first-order valence-electron chi connectivity index (χ1n) is 9.38. The number of anilines is 1. The third-order valence-electron chi connectivity index (χ3n) is 4.58. The normalized spacial score (nSPS) is 10.7. The van der Waals surface area contributed by atoms with E-state index in [2.05, 4.69) is 23.5 Å². The van der Waals surface area contributed by atoms with Crippen LogP contribution in [0.3, 0.4) is 0 Å². The molecule has 3 rings (SSSR count). The zero-order chi connectivity index (χ0) is 19.8. The molecule has 0 fully saturated rings. The van der Waals surface area contributed by atoms with Gasteiger partial charge >= 0.3 is 0 Å². The van der Waals surface area contributed by atoms with Crippen molar-refractivity contribution in [1.29, 1.82) is 0 Å². The van der Waals surface area contributed by atoms with Gasteiger partial charge in [0, 0.05) is 17.8 Å². The Kier molecular flexibility index (Phi) is 6.82. The van der Waals surface area contributed by atoms with E-state index in [4.69, 9.17) is 4.74 Å². The number of nitrogens with zero attached hydrogens (tertiary/aromatic N) is 1. The maximum Gasteiger partial charge on any atom is 0.238 e. The Morgan fingerprint density at radius 1 is 0.893 bits per heavy atom. The summed E-state index contributed by atoms with van der Waals surface area (Å²) in [5.41, 5.74) is 4.25. The first-order chi connectivity index (χ1) is 13.7. The van der Waals surface area contributed by atoms with Crippen LogP contribution in [0.2, 0.25) is 0 Å². The van der Waals surface area contributed by atoms with Gasteiger partial charge in [-0.05, 0) is 36.7 Å². The van der Waals surface area contributed by atoms with Gasteiger partial charge in [0.1, 0.15) is 5.75 Å². The van der Waals surface area contributed by atoms with Gasteiger partial charge in [-0.2, -0.15) is 0 Å². The van der Waals surface area contributed by atoms with Crippen LogP contribution in [0.1, 0.15) is 16.7 Å². The highest BCUT2D eigenvalue weighted by Crippen LogP contribution is 2.20. The summed E-state index contributed by atoms with van der Waals surface area (Å²) in [6.07, 6.45) is 0.786. The van der Waals surface area contributed by atoms with E-state index in [1.807, 2.05) is 72.6 Å². The predicted octanol–water partition coefficient (Wildman–Crippen LogP) is 4.36. The van der Waals surface area contributed by atoms with E-state index in [-0.39, 0.29) is 5.91 Å². The van der Waals surface area contributed by atoms with Crippen LogP contribution in [0.4, 0.5) is 5.69 Å². The summed E-state index contributed by atoms with van der Waals surface area (Å²) in [7, 11) is 3.59. The minimum Gasteiger partial charge on any atom is -0.496 e. The van der Waals surface area contributed by atoms with Gasteiger partial charge in [-0.15, -0.1) is 0 Å². The van der Waals surface area contributed by atoms with Crippen LogP contribution < -0.4 is 10.1 Å². The van der Waals surface area contributed by atoms with Gasteiger partial charge in [0.2, 0.25) is 5.91 Å². The molecule has 4 nitrogen and oxygen atoms in total. The zero-order valence-corrected chi connectivity index (χ0v) is 16.4. The van der Waals surface area contributed by atoms with E-state index in [9.17, 15) is 4.79 Å². The number of amides is 1. The SMILES string of the molecule is COc1ccccc1CN(C)CC(=O)Nc1ccccc1Cc1ccccc1. The molecule has 3 aromatic carbocycles. The highest BCUT2D eigenvalue weighted by atomic mass is 16.5. The lowest BCUT2D eigenvalue weighted by molar-refractivity contribution is -0.117. The molecule has 28 heavy (non-hydrogen) atoms. The van der Waals surface area contributed by atoms with Gasteiger partial charge in [0.05, 0.1) is 13.7 Å². The molecule has 0 aromatic heterocycles. The number of carbonyl (C=O) groups is 1. The van der Waals surface area contributed by atoms with Crippen molar-refractivity contribution in [1.82, 2.24) is 4.90 Å². The van der Waals surface area contributed by atoms with E-state index in [1.54, 1.807) is 7.11 Å². The number of nitrogens with one attached hydrogen (secondary N) is 1. The highest BCUT2D eigenvalue weighted by Gasteiger charge is 2.12. The van der Waals surface area contributed by atoms with Crippen molar-refractivity contribution in [2.75, 3.05) is 26.0 Å². The van der Waals surface area contributed by atoms with Crippen LogP contribution >= 0.6 is 0 Å². The Hall–Kier alpha value is -3.11. The van der Waals surface area contributed by atoms with Crippen LogP contribution in [0.5, 0.6) is 5.75 Å². The third-order valence-corrected chi connectivity index (χ3v) is 4.58. The van der Waals surface area contributed by atoms with Crippen molar-refractivity contribution in [2.45, 2.75) is 13.0 Å². The van der Waals surface area contributed by atoms with Gasteiger partial charge in [0.25, 0.3) is 0 Å². The molecule has 0 aliphatic heterocycles. The third kappa shape index (κ3) is 5.44. The Morgan fingerprint density at radius 3 is 2.29 bits per heavy atom. The van der Waals surface area contributed by atoms with Crippen molar-refractivity contribution >= 4 is 11.6 Å². The number of benzene rings is 3. The number of rotatable bonds is 8. The van der Waals surface area contributed by atoms with E-state index >= 15 is 0 Å². The fraction of sp³-hybridized carbons (Fsp3) is 0.208. The van der Waals surface area contributed by atoms with E-state index in [0.29, 0.717) is 13.1 Å². The van der Waals surface area contributed by atoms with Gasteiger partial charge < -0.3 is 10.1 Å². The summed E-state index contributed by atoms with van der Waals surface area (Å²) in [5, 5.41) is 3.06. The number of hydrogen-bond acceptors (Lipinski definition) is 3. The van der Waals surface area contributed by atoms with Crippen molar-refractivity contribution in [3.8, 4) is 5.75 Å². The molecule has 3 aromatic rings. The monoisotopic (exact) mass is 374 g/mol. The van der Waals surface area contributed by atoms with Gasteiger partial charge in [-0.25, -0.2) is 0 Å². The molecule has 0 saturated heterocycles. The second-order valence-corrected chi connectivity index (χ2v) is 6.85. The summed E-state index contributed by atoms with van der Waals surface area (Å²) in [5.74, 6) is 0.806. The van der Waals surface area contributed by atoms with Crippen molar-refractivity contribution in [2.24, 2.45) is 0 Å². The number of hydrogen-bond donors (Lipinski definition) is 1. The van der Waals surface area contributed by atoms with E-state index in [1.165, 1.54) is 5.56 Å². The fourth-order valence-electron chi connectivity index (χ4n) is 3.23. The van der Waals surface area contributed by atoms with Crippen molar-refractivity contribution in [3.63, 3.8) is 0 Å². The van der Waals surface area contributed by atoms with Crippen LogP contribution in [0.15, 0.2) is 78.9 Å². The molecule has 0 spiro atoms. The smallest absolute Gasteiger partial charge is 0.238 e. The molecule has 1 N–H and O–H groups in total. The number of para-hydroxylation sites is 2. The molecule has 0 saturated carbocycles. The van der Waals surface area contributed by atoms with E-state index in [0.717, 1.165) is 29.0 Å². The molecule has 0 radical (unpaired) electrons. The summed E-state index contributed by atoms with van der Waals surface area (Å²) in [6.45, 7) is 0.945. The van der Waals surface area contributed by atoms with Crippen LogP contribution in [0, 0.1) is 0 Å². The summed E-state index contributed by atoms with van der Waals surface area (Å²) in [6, 6.07) is 26.1. The number of methoxy groups -OCH3 is 1. The Bertz CT molecular complexity index is 909. The van der Waals surface area contributed by atoms with Gasteiger partial charge in [-0.3, -0.25) is 9.69 Å². The lowest BCUT2D eigenvalue weighted by atomic mass is 10.0. The van der Waals surface area contributed by atoms with Crippen molar-refractivity contribution < 1.29 is 9.53 Å². The first-order valence-corrected chi connectivity index (χ1v) is 9.38. The molecule has 0 atom stereocenters. The van der Waals surface area contributed by atoms with Gasteiger partial charge in [0.15, 0.2) is 0 Å². The zero-order valence-electron chi connectivity index (χ0n) is 16.4. The average Bonchev–Trinajstić information content (AvgIpc) is 2.70. The van der Waals surface area contributed by atoms with Crippen LogP contribution in [0.25, 0.3) is 0 Å². The summed E-state index contributed by atoms with van der Waals surface area (Å²) >= 11 is 0. The molecular weight excluding hydrogens is 348 g/mol. The molecule has 4 heteroatoms. The maximum atomic E-state index is 12.6. The van der Waals surface area contributed by atoms with Crippen LogP contribution in [-0.4, -0.2) is 31.5 Å². The molecule has 0 aliphatic rings. The second kappa shape index (κ2) is 9.72. The number of carbonyl (C=O) groups excluding carboxylic acids is 1. The maximum absolute atomic E-state index is 12.6. The summed E-state index contributed by atoms with van der Waals surface area (Å²) < 4.78 is 5.39. The quantitative estimate of drug-likeness (QED) is 0.637. The van der Waals surface area contributed by atoms with E-state index < -0.39 is 0 Å². The molecule has 0 aliphatic carbocycles. The Balaban J connectivity index is 1.62. The largest absolute Gasteiger partial charge is 0.496 e. The Morgan fingerprint density at radius 2 is 1.54 bits per heavy atom. The summed E-state index contributed by atoms with van der Waals surface area (Å²) in [4.78, 5) is 14.6. The highest BCUT2D eigenvalue weighted by molar-refractivity contribution is 5.93. The second-order valence-electron chi connectivity index (χ2n) is 6.85. The molecule has 0 bridgehead atoms. The lowest BCUT2D eigenvalue weighted by Gasteiger charge is -2.19. The predicted molar refractivity (Wildman–Crippen MR) is 114 cm³/mol. The fourth-order valence-corrected chi connectivity index (χ4v) is 3.23. The van der Waals surface area contributed by atoms with Gasteiger partial charge in [-0.1, -0.05) is 66.7 Å². The topological polar surface area (TPSA) is 41.6 Å². The molecule has 0 heterocycles. The average molecular weight is 374 g/mol. The molecule has 1 amide bonds. The molecule has 144 valence electrons. The molecular formula is C24H26N2O2. The van der Waals surface area contributed by atoms with Crippen LogP contribution in [-0.2, 0) is 17.8 Å². The Labute approximate surface area is 166 Å². The number of ether oxygens (including phenoxy) is 1. The minimum absolute atomic E-state index is 0.0297. The minimum atomic E-state index is -0.0297. The first kappa shape index (κ1) is 19.6. The lowest BCUT2D eigenvalue weighted by Crippen LogP contribution is -2.30. The van der Waals surface area contributed by atoms with Crippen molar-refractivity contribution in [3.05, 3.63) is 95.6 Å². The number of likely N-dealkylation sites (N-methyl/N-ethyl adjacent to an activating group) is 1. The standard InChI is InChI=1S/C24H26N2O2/c1-26(17-21-13-7-9-15-23(21)28-2)18-24(27)25-22-14-8-6-12-20(22)16-19-10-4-3-5-11-19/h3-15H,16-18H2,1-2H3,(H,25,27).